The number of hydrogen-bond acceptors (Lipinski definition) is 8. The first-order chi connectivity index (χ1) is 17.7. The van der Waals surface area contributed by atoms with Crippen molar-refractivity contribution < 1.29 is 19.1 Å². The number of fused-ring (bicyclic) bond motifs is 1. The largest absolute Gasteiger partial charge is 0.483 e. The first-order valence-corrected chi connectivity index (χ1v) is 14.3. The number of thiophene rings is 1. The number of ether oxygens (including phenoxy) is 2. The smallest absolute Gasteiger partial charge is 0.341 e. The van der Waals surface area contributed by atoms with Gasteiger partial charge in [-0.15, -0.1) is 21.5 Å². The lowest BCUT2D eigenvalue weighted by Gasteiger charge is -2.18. The summed E-state index contributed by atoms with van der Waals surface area (Å²) in [6.07, 6.45) is 2.46. The van der Waals surface area contributed by atoms with E-state index in [-0.39, 0.29) is 23.7 Å². The average molecular weight is 543 g/mol. The van der Waals surface area contributed by atoms with Gasteiger partial charge in [-0.2, -0.15) is 0 Å². The Morgan fingerprint density at radius 1 is 1.24 bits per heavy atom. The van der Waals surface area contributed by atoms with Gasteiger partial charge in [0.2, 0.25) is 5.91 Å². The number of carbonyl (C=O) groups is 2. The number of hydrogen-bond donors (Lipinski definition) is 1. The summed E-state index contributed by atoms with van der Waals surface area (Å²) in [5.41, 5.74) is 3.81. The zero-order valence-corrected chi connectivity index (χ0v) is 23.8. The summed E-state index contributed by atoms with van der Waals surface area (Å²) in [5, 5.41) is 12.7. The van der Waals surface area contributed by atoms with Gasteiger partial charge >= 0.3 is 5.97 Å². The third kappa shape index (κ3) is 6.35. The monoisotopic (exact) mass is 542 g/mol. The lowest BCUT2D eigenvalue weighted by atomic mass is 9.88. The molecule has 2 unspecified atom stereocenters. The van der Waals surface area contributed by atoms with Crippen molar-refractivity contribution in [1.82, 2.24) is 14.8 Å². The third-order valence-electron chi connectivity index (χ3n) is 6.32. The Hall–Kier alpha value is -2.85. The van der Waals surface area contributed by atoms with Crippen molar-refractivity contribution >= 4 is 40.0 Å². The maximum atomic E-state index is 12.9. The van der Waals surface area contributed by atoms with E-state index >= 15 is 0 Å². The minimum atomic E-state index is -0.367. The number of rotatable bonds is 9. The average Bonchev–Trinajstić information content (AvgIpc) is 3.36. The number of nitrogens with one attached hydrogen (secondary N) is 1. The maximum Gasteiger partial charge on any atom is 0.341 e. The molecule has 0 aliphatic heterocycles. The van der Waals surface area contributed by atoms with Gasteiger partial charge in [0.1, 0.15) is 10.8 Å². The SMILES string of the molecule is CCOC(=O)c1c(NC(=O)CSc2nnc(C(C)Oc3cc(C)cc(C)c3)n2C)sc2c1CCC(C)C2. The van der Waals surface area contributed by atoms with E-state index in [0.29, 0.717) is 34.1 Å². The second kappa shape index (κ2) is 11.7. The highest BCUT2D eigenvalue weighted by atomic mass is 32.2. The lowest BCUT2D eigenvalue weighted by molar-refractivity contribution is -0.113. The summed E-state index contributed by atoms with van der Waals surface area (Å²) in [4.78, 5) is 26.8. The second-order valence-corrected chi connectivity index (χ2v) is 11.6. The highest BCUT2D eigenvalue weighted by molar-refractivity contribution is 7.99. The van der Waals surface area contributed by atoms with Crippen LogP contribution in [0.2, 0.25) is 0 Å². The Kier molecular flexibility index (Phi) is 8.59. The van der Waals surface area contributed by atoms with Crippen molar-refractivity contribution in [3.63, 3.8) is 0 Å². The van der Waals surface area contributed by atoms with Crippen LogP contribution in [0.25, 0.3) is 0 Å². The van der Waals surface area contributed by atoms with E-state index in [0.717, 1.165) is 41.7 Å². The minimum absolute atomic E-state index is 0.138. The molecule has 198 valence electrons. The number of anilines is 1. The van der Waals surface area contributed by atoms with Crippen LogP contribution in [-0.4, -0.2) is 39.0 Å². The van der Waals surface area contributed by atoms with Crippen LogP contribution in [0.4, 0.5) is 5.00 Å². The normalized spacial score (nSPS) is 15.7. The highest BCUT2D eigenvalue weighted by Crippen LogP contribution is 2.40. The fourth-order valence-electron chi connectivity index (χ4n) is 4.61. The fourth-order valence-corrected chi connectivity index (χ4v) is 6.75. The Morgan fingerprint density at radius 2 is 1.97 bits per heavy atom. The highest BCUT2D eigenvalue weighted by Gasteiger charge is 2.29. The molecule has 4 rings (SSSR count). The molecule has 1 N–H and O–H groups in total. The first-order valence-electron chi connectivity index (χ1n) is 12.5. The van der Waals surface area contributed by atoms with Crippen LogP contribution in [0.1, 0.15) is 71.0 Å². The molecule has 1 aromatic carbocycles. The van der Waals surface area contributed by atoms with E-state index in [1.807, 2.05) is 44.5 Å². The van der Waals surface area contributed by atoms with E-state index < -0.39 is 0 Å². The molecule has 1 aliphatic carbocycles. The van der Waals surface area contributed by atoms with Crippen LogP contribution in [0.15, 0.2) is 23.4 Å². The van der Waals surface area contributed by atoms with Gasteiger partial charge in [-0.3, -0.25) is 4.79 Å². The molecule has 3 aromatic rings. The van der Waals surface area contributed by atoms with Gasteiger partial charge in [-0.1, -0.05) is 24.8 Å². The molecule has 0 spiro atoms. The molecule has 8 nitrogen and oxygen atoms in total. The van der Waals surface area contributed by atoms with Crippen molar-refractivity contribution in [2.24, 2.45) is 13.0 Å². The Labute approximate surface area is 226 Å². The van der Waals surface area contributed by atoms with Crippen LogP contribution in [0.5, 0.6) is 5.75 Å². The van der Waals surface area contributed by atoms with Gasteiger partial charge in [0.15, 0.2) is 17.1 Å². The van der Waals surface area contributed by atoms with Crippen LogP contribution in [-0.2, 0) is 29.4 Å². The van der Waals surface area contributed by atoms with Crippen LogP contribution in [0.3, 0.4) is 0 Å². The van der Waals surface area contributed by atoms with Gasteiger partial charge in [0.25, 0.3) is 0 Å². The molecule has 0 saturated heterocycles. The molecular weight excluding hydrogens is 508 g/mol. The van der Waals surface area contributed by atoms with Crippen molar-refractivity contribution in [2.45, 2.75) is 65.1 Å². The molecule has 2 atom stereocenters. The van der Waals surface area contributed by atoms with Gasteiger partial charge < -0.3 is 19.4 Å². The van der Waals surface area contributed by atoms with Gasteiger partial charge in [0, 0.05) is 11.9 Å². The second-order valence-electron chi connectivity index (χ2n) is 9.60. The fraction of sp³-hybridized carbons (Fsp3) is 0.481. The Balaban J connectivity index is 1.42. The van der Waals surface area contributed by atoms with Crippen molar-refractivity contribution in [1.29, 1.82) is 0 Å². The number of carbonyl (C=O) groups excluding carboxylic acids is 2. The molecule has 0 radical (unpaired) electrons. The summed E-state index contributed by atoms with van der Waals surface area (Å²) in [6, 6.07) is 6.09. The molecule has 1 amide bonds. The van der Waals surface area contributed by atoms with Crippen molar-refractivity contribution in [3.8, 4) is 5.75 Å². The molecule has 37 heavy (non-hydrogen) atoms. The molecule has 0 saturated carbocycles. The summed E-state index contributed by atoms with van der Waals surface area (Å²) < 4.78 is 13.3. The molecule has 1 aliphatic rings. The number of nitrogens with zero attached hydrogens (tertiary/aromatic N) is 3. The lowest BCUT2D eigenvalue weighted by Crippen LogP contribution is -2.18. The van der Waals surface area contributed by atoms with Gasteiger partial charge in [-0.25, -0.2) is 4.79 Å². The van der Waals surface area contributed by atoms with Gasteiger partial charge in [0.05, 0.1) is 17.9 Å². The summed E-state index contributed by atoms with van der Waals surface area (Å²) in [5.74, 6) is 1.59. The zero-order chi connectivity index (χ0) is 26.7. The van der Waals surface area contributed by atoms with E-state index in [9.17, 15) is 9.59 Å². The van der Waals surface area contributed by atoms with E-state index in [1.54, 1.807) is 6.92 Å². The summed E-state index contributed by atoms with van der Waals surface area (Å²) >= 11 is 2.79. The maximum absolute atomic E-state index is 12.9. The van der Waals surface area contributed by atoms with E-state index in [4.69, 9.17) is 9.47 Å². The quantitative estimate of drug-likeness (QED) is 0.275. The van der Waals surface area contributed by atoms with Crippen LogP contribution < -0.4 is 10.1 Å². The molecular formula is C27H34N4O4S2. The van der Waals surface area contributed by atoms with Gasteiger partial charge in [-0.05, 0) is 81.7 Å². The standard InChI is InChI=1S/C27H34N4O4S2/c1-7-34-26(33)23-20-9-8-15(2)13-21(20)37-25(23)28-22(32)14-36-27-30-29-24(31(27)6)18(5)35-19-11-16(3)10-17(4)12-19/h10-12,15,18H,7-9,13-14H2,1-6H3,(H,28,32). The van der Waals surface area contributed by atoms with E-state index in [2.05, 4.69) is 28.5 Å². The summed E-state index contributed by atoms with van der Waals surface area (Å²) in [7, 11) is 1.87. The molecule has 0 bridgehead atoms. The van der Waals surface area contributed by atoms with Crippen LogP contribution in [0, 0.1) is 19.8 Å². The molecule has 10 heteroatoms. The zero-order valence-electron chi connectivity index (χ0n) is 22.2. The Bertz CT molecular complexity index is 1280. The number of aromatic nitrogens is 3. The first kappa shape index (κ1) is 27.2. The molecule has 0 fully saturated rings. The third-order valence-corrected chi connectivity index (χ3v) is 8.51. The number of esters is 1. The molecule has 2 aromatic heterocycles. The predicted octanol–water partition coefficient (Wildman–Crippen LogP) is 5.67. The van der Waals surface area contributed by atoms with Crippen LogP contribution >= 0.6 is 23.1 Å². The predicted molar refractivity (Wildman–Crippen MR) is 147 cm³/mol. The number of thioether (sulfide) groups is 1. The number of aryl methyl sites for hydroxylation is 2. The number of amides is 1. The van der Waals surface area contributed by atoms with Crippen molar-refractivity contribution in [2.75, 3.05) is 17.7 Å². The summed E-state index contributed by atoms with van der Waals surface area (Å²) in [6.45, 7) is 10.3. The topological polar surface area (TPSA) is 95.3 Å². The minimum Gasteiger partial charge on any atom is -0.483 e. The molecule has 2 heterocycles. The number of benzene rings is 1. The Morgan fingerprint density at radius 3 is 2.68 bits per heavy atom. The van der Waals surface area contributed by atoms with E-state index in [1.165, 1.54) is 28.0 Å². The van der Waals surface area contributed by atoms with Crippen molar-refractivity contribution in [3.05, 3.63) is 51.2 Å².